The molecule has 0 aliphatic carbocycles. The first-order valence-corrected chi connectivity index (χ1v) is 10.2. The molecule has 2 aromatic rings. The van der Waals surface area contributed by atoms with E-state index in [0.717, 1.165) is 11.1 Å². The van der Waals surface area contributed by atoms with Gasteiger partial charge in [0.15, 0.2) is 0 Å². The third-order valence-electron chi connectivity index (χ3n) is 5.02. The summed E-state index contributed by atoms with van der Waals surface area (Å²) in [7, 11) is 0. The summed E-state index contributed by atoms with van der Waals surface area (Å²) in [4.78, 5) is 36.9. The third-order valence-corrected chi connectivity index (χ3v) is 5.02. The lowest BCUT2D eigenvalue weighted by atomic mass is 9.89. The number of ether oxygens (including phenoxy) is 2. The van der Waals surface area contributed by atoms with E-state index in [2.05, 4.69) is 10.6 Å². The minimum absolute atomic E-state index is 0.123. The van der Waals surface area contributed by atoms with E-state index in [4.69, 9.17) is 9.47 Å². The Balaban J connectivity index is 1.75. The van der Waals surface area contributed by atoms with Crippen molar-refractivity contribution in [2.24, 2.45) is 0 Å². The maximum atomic E-state index is 12.7. The van der Waals surface area contributed by atoms with Crippen molar-refractivity contribution in [3.63, 3.8) is 0 Å². The van der Waals surface area contributed by atoms with Crippen molar-refractivity contribution in [2.45, 2.75) is 32.2 Å². The van der Waals surface area contributed by atoms with Gasteiger partial charge in [-0.3, -0.25) is 4.79 Å². The first kappa shape index (κ1) is 22.1. The van der Waals surface area contributed by atoms with E-state index in [-0.39, 0.29) is 36.8 Å². The highest BCUT2D eigenvalue weighted by molar-refractivity contribution is 5.94. The summed E-state index contributed by atoms with van der Waals surface area (Å²) in [6.07, 6.45) is 0.123. The van der Waals surface area contributed by atoms with Gasteiger partial charge < -0.3 is 20.1 Å². The molecule has 1 heterocycles. The highest BCUT2D eigenvalue weighted by Crippen LogP contribution is 2.28. The summed E-state index contributed by atoms with van der Waals surface area (Å²) in [5.74, 6) is -1.16. The van der Waals surface area contributed by atoms with Gasteiger partial charge in [0, 0.05) is 5.92 Å². The summed E-state index contributed by atoms with van der Waals surface area (Å²) in [6, 6.07) is 18.4. The van der Waals surface area contributed by atoms with Gasteiger partial charge in [-0.2, -0.15) is 0 Å². The highest BCUT2D eigenvalue weighted by atomic mass is 16.5. The second kappa shape index (κ2) is 10.4. The number of nitrogens with one attached hydrogen (secondary N) is 2. The lowest BCUT2D eigenvalue weighted by Crippen LogP contribution is -2.50. The van der Waals surface area contributed by atoms with E-state index in [1.165, 1.54) is 0 Å². The van der Waals surface area contributed by atoms with Crippen molar-refractivity contribution in [3.8, 4) is 0 Å². The average Bonchev–Trinajstić information content (AvgIpc) is 2.77. The molecule has 0 saturated heterocycles. The number of carbonyl (C=O) groups excluding carboxylic acids is 3. The second-order valence-electron chi connectivity index (χ2n) is 7.17. The topological polar surface area (TPSA) is 93.7 Å². The van der Waals surface area contributed by atoms with Gasteiger partial charge in [0.05, 0.1) is 30.3 Å². The van der Waals surface area contributed by atoms with Crippen LogP contribution in [0.15, 0.2) is 71.9 Å². The average molecular weight is 422 g/mol. The Morgan fingerprint density at radius 2 is 1.55 bits per heavy atom. The molecule has 1 aliphatic rings. The molecule has 1 atom stereocenters. The molecule has 162 valence electrons. The first-order chi connectivity index (χ1) is 15.0. The van der Waals surface area contributed by atoms with Gasteiger partial charge in [0.25, 0.3) is 0 Å². The zero-order valence-corrected chi connectivity index (χ0v) is 17.6. The van der Waals surface area contributed by atoms with Gasteiger partial charge in [0.2, 0.25) is 0 Å². The fraction of sp³-hybridized carbons (Fsp3) is 0.292. The molecular weight excluding hydrogens is 396 g/mol. The fourth-order valence-electron chi connectivity index (χ4n) is 3.57. The van der Waals surface area contributed by atoms with Crippen LogP contribution < -0.4 is 10.6 Å². The van der Waals surface area contributed by atoms with Crippen LogP contribution in [-0.4, -0.2) is 37.2 Å². The lowest BCUT2D eigenvalue weighted by molar-refractivity contribution is -0.144. The summed E-state index contributed by atoms with van der Waals surface area (Å²) < 4.78 is 10.5. The summed E-state index contributed by atoms with van der Waals surface area (Å²) in [5.41, 5.74) is 2.48. The number of urea groups is 1. The smallest absolute Gasteiger partial charge is 0.338 e. The van der Waals surface area contributed by atoms with Crippen LogP contribution in [-0.2, 0) is 19.1 Å². The molecule has 31 heavy (non-hydrogen) atoms. The number of hydrogen-bond acceptors (Lipinski definition) is 5. The van der Waals surface area contributed by atoms with Crippen molar-refractivity contribution in [2.75, 3.05) is 13.2 Å². The normalized spacial score (nSPS) is 15.8. The van der Waals surface area contributed by atoms with Crippen LogP contribution in [0, 0.1) is 0 Å². The standard InChI is InChI=1S/C24H26N2O5/c1-3-30-23(28)22-16(2)25-24(29)26-20(22)15-31-21(27)14-19(17-10-6-4-7-11-17)18-12-8-5-9-13-18/h4-13,16,19H,3,14-15H2,1-2H3,(H2,25,26,29)/t16-/m0/s1. The van der Waals surface area contributed by atoms with Gasteiger partial charge in [-0.25, -0.2) is 9.59 Å². The predicted octanol–water partition coefficient (Wildman–Crippen LogP) is 3.27. The Kier molecular flexibility index (Phi) is 7.43. The van der Waals surface area contributed by atoms with Crippen molar-refractivity contribution in [3.05, 3.63) is 83.1 Å². The predicted molar refractivity (Wildman–Crippen MR) is 115 cm³/mol. The Hall–Kier alpha value is -3.61. The van der Waals surface area contributed by atoms with E-state index in [9.17, 15) is 14.4 Å². The highest BCUT2D eigenvalue weighted by Gasteiger charge is 2.30. The van der Waals surface area contributed by atoms with E-state index < -0.39 is 24.0 Å². The quantitative estimate of drug-likeness (QED) is 0.637. The van der Waals surface area contributed by atoms with Crippen molar-refractivity contribution < 1.29 is 23.9 Å². The van der Waals surface area contributed by atoms with E-state index in [1.54, 1.807) is 13.8 Å². The number of hydrogen-bond donors (Lipinski definition) is 2. The molecule has 0 fully saturated rings. The Morgan fingerprint density at radius 1 is 0.968 bits per heavy atom. The number of amides is 2. The molecule has 2 N–H and O–H groups in total. The van der Waals surface area contributed by atoms with Crippen molar-refractivity contribution in [1.29, 1.82) is 0 Å². The molecule has 0 unspecified atom stereocenters. The van der Waals surface area contributed by atoms with Crippen LogP contribution in [0.3, 0.4) is 0 Å². The largest absolute Gasteiger partial charge is 0.463 e. The van der Waals surface area contributed by atoms with Crippen LogP contribution in [0.5, 0.6) is 0 Å². The summed E-state index contributed by atoms with van der Waals surface area (Å²) in [5, 5.41) is 5.17. The van der Waals surface area contributed by atoms with Crippen LogP contribution in [0.1, 0.15) is 37.3 Å². The van der Waals surface area contributed by atoms with Crippen molar-refractivity contribution >= 4 is 18.0 Å². The molecule has 2 amide bonds. The molecule has 1 aliphatic heterocycles. The van der Waals surface area contributed by atoms with Gasteiger partial charge >= 0.3 is 18.0 Å². The minimum atomic E-state index is -0.556. The molecule has 0 radical (unpaired) electrons. The Bertz CT molecular complexity index is 917. The summed E-state index contributed by atoms with van der Waals surface area (Å²) in [6.45, 7) is 3.35. The molecular formula is C24H26N2O5. The monoisotopic (exact) mass is 422 g/mol. The second-order valence-corrected chi connectivity index (χ2v) is 7.17. The first-order valence-electron chi connectivity index (χ1n) is 10.2. The maximum Gasteiger partial charge on any atom is 0.338 e. The number of benzene rings is 2. The molecule has 3 rings (SSSR count). The van der Waals surface area contributed by atoms with E-state index in [1.807, 2.05) is 60.7 Å². The molecule has 0 saturated carbocycles. The van der Waals surface area contributed by atoms with Gasteiger partial charge in [-0.1, -0.05) is 60.7 Å². The Labute approximate surface area is 181 Å². The molecule has 7 heteroatoms. The third kappa shape index (κ3) is 5.72. The van der Waals surface area contributed by atoms with E-state index >= 15 is 0 Å². The lowest BCUT2D eigenvalue weighted by Gasteiger charge is -2.26. The number of esters is 2. The Morgan fingerprint density at radius 3 is 2.10 bits per heavy atom. The van der Waals surface area contributed by atoms with Crippen LogP contribution in [0.2, 0.25) is 0 Å². The van der Waals surface area contributed by atoms with Crippen LogP contribution in [0.25, 0.3) is 0 Å². The number of rotatable bonds is 8. The SMILES string of the molecule is CCOC(=O)C1=C(COC(=O)CC(c2ccccc2)c2ccccc2)NC(=O)N[C@H]1C. The number of carbonyl (C=O) groups is 3. The zero-order valence-electron chi connectivity index (χ0n) is 17.6. The molecule has 0 aromatic heterocycles. The van der Waals surface area contributed by atoms with E-state index in [0.29, 0.717) is 0 Å². The van der Waals surface area contributed by atoms with Gasteiger partial charge in [0.1, 0.15) is 6.61 Å². The van der Waals surface area contributed by atoms with Crippen LogP contribution >= 0.6 is 0 Å². The fourth-order valence-corrected chi connectivity index (χ4v) is 3.57. The van der Waals surface area contributed by atoms with Crippen molar-refractivity contribution in [1.82, 2.24) is 10.6 Å². The molecule has 0 spiro atoms. The zero-order chi connectivity index (χ0) is 22.2. The van der Waals surface area contributed by atoms with Gasteiger partial charge in [-0.15, -0.1) is 0 Å². The summed E-state index contributed by atoms with van der Waals surface area (Å²) >= 11 is 0. The van der Waals surface area contributed by atoms with Gasteiger partial charge in [-0.05, 0) is 25.0 Å². The molecule has 7 nitrogen and oxygen atoms in total. The van der Waals surface area contributed by atoms with Crippen LogP contribution in [0.4, 0.5) is 4.79 Å². The maximum absolute atomic E-state index is 12.7. The molecule has 0 bridgehead atoms. The molecule has 2 aromatic carbocycles. The minimum Gasteiger partial charge on any atom is -0.463 e.